The molecule has 0 unspecified atom stereocenters. The number of halogens is 1. The first-order valence-corrected chi connectivity index (χ1v) is 11.5. The lowest BCUT2D eigenvalue weighted by Crippen LogP contribution is -2.38. The summed E-state index contributed by atoms with van der Waals surface area (Å²) in [6.07, 6.45) is 4.89. The molecule has 4 heterocycles. The summed E-state index contributed by atoms with van der Waals surface area (Å²) in [5.41, 5.74) is 11.8. The second kappa shape index (κ2) is 8.82. The van der Waals surface area contributed by atoms with E-state index < -0.39 is 0 Å². The molecular formula is C24H23BrN6O2. The molecule has 4 aromatic rings. The van der Waals surface area contributed by atoms with Crippen molar-refractivity contribution in [1.82, 2.24) is 24.5 Å². The number of hydrogen-bond donors (Lipinski definition) is 1. The predicted octanol–water partition coefficient (Wildman–Crippen LogP) is 4.75. The Hall–Kier alpha value is -3.46. The van der Waals surface area contributed by atoms with Crippen LogP contribution in [-0.4, -0.2) is 50.8 Å². The molecule has 8 nitrogen and oxygen atoms in total. The second-order valence-corrected chi connectivity index (χ2v) is 8.81. The molecule has 3 aromatic heterocycles. The lowest BCUT2D eigenvalue weighted by Gasteiger charge is -2.31. The van der Waals surface area contributed by atoms with Crippen molar-refractivity contribution in [2.75, 3.05) is 25.9 Å². The average molecular weight is 507 g/mol. The van der Waals surface area contributed by atoms with Crippen LogP contribution in [-0.2, 0) is 4.74 Å². The van der Waals surface area contributed by atoms with Gasteiger partial charge in [-0.1, -0.05) is 36.4 Å². The van der Waals surface area contributed by atoms with Gasteiger partial charge in [0.05, 0.1) is 29.2 Å². The second-order valence-electron chi connectivity index (χ2n) is 8.02. The maximum absolute atomic E-state index is 11.8. The van der Waals surface area contributed by atoms with Crippen LogP contribution in [0.1, 0.15) is 24.5 Å². The van der Waals surface area contributed by atoms with Gasteiger partial charge in [0.2, 0.25) is 0 Å². The van der Waals surface area contributed by atoms with E-state index in [-0.39, 0.29) is 12.0 Å². The molecule has 1 aliphatic rings. The van der Waals surface area contributed by atoms with Crippen molar-refractivity contribution in [3.05, 3.63) is 65.0 Å². The quantitative estimate of drug-likeness (QED) is 0.430. The number of hydrogen-bond acceptors (Lipinski definition) is 6. The zero-order valence-electron chi connectivity index (χ0n) is 18.1. The molecular weight excluding hydrogens is 484 g/mol. The number of nitrogen functional groups attached to an aromatic ring is 1. The number of ether oxygens (including phenoxy) is 1. The molecule has 1 fully saturated rings. The highest BCUT2D eigenvalue weighted by atomic mass is 79.9. The summed E-state index contributed by atoms with van der Waals surface area (Å²) in [6.45, 7) is 1.24. The Morgan fingerprint density at radius 1 is 1.09 bits per heavy atom. The summed E-state index contributed by atoms with van der Waals surface area (Å²) in [5.74, 6) is 0.680. The number of aromatic nitrogens is 4. The SMILES string of the molecule is COC(=O)N1CCC(c2nc3c(-c4ccc(-c5ccccc5)nc4)cnn3c(N)c2Br)CC1. The predicted molar refractivity (Wildman–Crippen MR) is 130 cm³/mol. The van der Waals surface area contributed by atoms with Gasteiger partial charge in [-0.15, -0.1) is 0 Å². The van der Waals surface area contributed by atoms with E-state index >= 15 is 0 Å². The molecule has 0 spiro atoms. The molecule has 1 aromatic carbocycles. The lowest BCUT2D eigenvalue weighted by atomic mass is 9.93. The Morgan fingerprint density at radius 2 is 1.85 bits per heavy atom. The normalized spacial score (nSPS) is 14.5. The Kier molecular flexibility index (Phi) is 5.72. The maximum Gasteiger partial charge on any atom is 0.409 e. The number of benzene rings is 1. The van der Waals surface area contributed by atoms with Crippen molar-refractivity contribution in [3.63, 3.8) is 0 Å². The third-order valence-electron chi connectivity index (χ3n) is 6.11. The third kappa shape index (κ3) is 3.93. The Balaban J connectivity index is 1.48. The molecule has 1 aliphatic heterocycles. The molecule has 5 rings (SSSR count). The first-order valence-electron chi connectivity index (χ1n) is 10.7. The monoisotopic (exact) mass is 506 g/mol. The van der Waals surface area contributed by atoms with Crippen molar-refractivity contribution >= 4 is 33.5 Å². The summed E-state index contributed by atoms with van der Waals surface area (Å²) < 4.78 is 7.25. The number of nitrogens with two attached hydrogens (primary N) is 1. The topological polar surface area (TPSA) is 98.6 Å². The highest BCUT2D eigenvalue weighted by molar-refractivity contribution is 9.10. The number of nitrogens with zero attached hydrogens (tertiary/aromatic N) is 5. The van der Waals surface area contributed by atoms with Crippen molar-refractivity contribution in [3.8, 4) is 22.4 Å². The van der Waals surface area contributed by atoms with E-state index in [1.807, 2.05) is 48.7 Å². The van der Waals surface area contributed by atoms with Gasteiger partial charge in [-0.25, -0.2) is 9.78 Å². The van der Waals surface area contributed by atoms with Gasteiger partial charge in [0.15, 0.2) is 5.65 Å². The summed E-state index contributed by atoms with van der Waals surface area (Å²) in [7, 11) is 1.41. The molecule has 0 saturated carbocycles. The average Bonchev–Trinajstić information content (AvgIpc) is 3.30. The number of likely N-dealkylation sites (tertiary alicyclic amines) is 1. The van der Waals surface area contributed by atoms with Crippen LogP contribution in [0.25, 0.3) is 28.0 Å². The summed E-state index contributed by atoms with van der Waals surface area (Å²) >= 11 is 3.63. The van der Waals surface area contributed by atoms with Crippen molar-refractivity contribution in [1.29, 1.82) is 0 Å². The van der Waals surface area contributed by atoms with Crippen LogP contribution in [0.5, 0.6) is 0 Å². The molecule has 168 valence electrons. The van der Waals surface area contributed by atoms with Crippen molar-refractivity contribution < 1.29 is 9.53 Å². The molecule has 9 heteroatoms. The summed E-state index contributed by atoms with van der Waals surface area (Å²) in [6, 6.07) is 14.1. The zero-order chi connectivity index (χ0) is 22.9. The fourth-order valence-corrected chi connectivity index (χ4v) is 4.87. The number of pyridine rings is 1. The number of methoxy groups -OCH3 is 1. The molecule has 0 radical (unpaired) electrons. The fraction of sp³-hybridized carbons (Fsp3) is 0.250. The van der Waals surface area contributed by atoms with Crippen LogP contribution < -0.4 is 5.73 Å². The Bertz CT molecular complexity index is 1300. The van der Waals surface area contributed by atoms with Crippen LogP contribution in [0.3, 0.4) is 0 Å². The van der Waals surface area contributed by atoms with Crippen molar-refractivity contribution in [2.24, 2.45) is 0 Å². The van der Waals surface area contributed by atoms with Crippen LogP contribution in [0.15, 0.2) is 59.3 Å². The molecule has 2 N–H and O–H groups in total. The molecule has 0 bridgehead atoms. The van der Waals surface area contributed by atoms with Crippen molar-refractivity contribution in [2.45, 2.75) is 18.8 Å². The van der Waals surface area contributed by atoms with E-state index in [1.165, 1.54) is 7.11 Å². The van der Waals surface area contributed by atoms with Crippen LogP contribution >= 0.6 is 15.9 Å². The smallest absolute Gasteiger partial charge is 0.409 e. The highest BCUT2D eigenvalue weighted by Crippen LogP contribution is 2.37. The third-order valence-corrected chi connectivity index (χ3v) is 6.92. The van der Waals surface area contributed by atoms with Gasteiger partial charge in [0.25, 0.3) is 0 Å². The summed E-state index contributed by atoms with van der Waals surface area (Å²) in [4.78, 5) is 23.2. The minimum Gasteiger partial charge on any atom is -0.453 e. The number of anilines is 1. The Labute approximate surface area is 199 Å². The molecule has 0 aliphatic carbocycles. The minimum atomic E-state index is -0.292. The first-order chi connectivity index (χ1) is 16.1. The van der Waals surface area contributed by atoms with Crippen LogP contribution in [0.2, 0.25) is 0 Å². The van der Waals surface area contributed by atoms with Crippen LogP contribution in [0.4, 0.5) is 10.6 Å². The van der Waals surface area contributed by atoms with Gasteiger partial charge in [0.1, 0.15) is 5.82 Å². The molecule has 1 amide bonds. The number of piperidine rings is 1. The highest BCUT2D eigenvalue weighted by Gasteiger charge is 2.28. The van der Waals surface area contributed by atoms with E-state index in [0.29, 0.717) is 24.6 Å². The van der Waals surface area contributed by atoms with Gasteiger partial charge in [-0.2, -0.15) is 9.61 Å². The van der Waals surface area contributed by atoms with E-state index in [1.54, 1.807) is 15.6 Å². The number of carbonyl (C=O) groups is 1. The van der Waals surface area contributed by atoms with E-state index in [2.05, 4.69) is 26.0 Å². The number of carbonyl (C=O) groups excluding carboxylic acids is 1. The van der Waals surface area contributed by atoms with Gasteiger partial charge < -0.3 is 15.4 Å². The molecule has 0 atom stereocenters. The molecule has 33 heavy (non-hydrogen) atoms. The van der Waals surface area contributed by atoms with E-state index in [0.717, 1.165) is 45.4 Å². The van der Waals surface area contributed by atoms with Gasteiger partial charge in [-0.05, 0) is 34.8 Å². The number of fused-ring (bicyclic) bond motifs is 1. The molecule has 1 saturated heterocycles. The van der Waals surface area contributed by atoms with Gasteiger partial charge in [0, 0.05) is 41.9 Å². The van der Waals surface area contributed by atoms with E-state index in [9.17, 15) is 4.79 Å². The number of amides is 1. The zero-order valence-corrected chi connectivity index (χ0v) is 19.7. The van der Waals surface area contributed by atoms with E-state index in [4.69, 9.17) is 15.5 Å². The van der Waals surface area contributed by atoms with Crippen LogP contribution in [0, 0.1) is 0 Å². The Morgan fingerprint density at radius 3 is 2.52 bits per heavy atom. The largest absolute Gasteiger partial charge is 0.453 e. The minimum absolute atomic E-state index is 0.175. The number of rotatable bonds is 3. The summed E-state index contributed by atoms with van der Waals surface area (Å²) in [5, 5.41) is 4.47. The lowest BCUT2D eigenvalue weighted by molar-refractivity contribution is 0.112. The fourth-order valence-electron chi connectivity index (χ4n) is 4.28. The van der Waals surface area contributed by atoms with Gasteiger partial charge >= 0.3 is 6.09 Å². The van der Waals surface area contributed by atoms with Gasteiger partial charge in [-0.3, -0.25) is 4.98 Å². The standard InChI is InChI=1S/C24H23BrN6O2/c1-33-24(32)30-11-9-16(10-12-30)21-20(25)22(26)31-23(29-21)18(14-28-31)17-7-8-19(27-13-17)15-5-3-2-4-6-15/h2-8,13-14,16H,9-12,26H2,1H3. The maximum atomic E-state index is 11.8. The first kappa shape index (κ1) is 21.4.